The minimum atomic E-state index is 0.179. The fraction of sp³-hybridized carbons (Fsp3) is 0.750. The number of imidazole rings is 1. The van der Waals surface area contributed by atoms with Gasteiger partial charge in [0.25, 0.3) is 0 Å². The van der Waals surface area contributed by atoms with Crippen LogP contribution in [0.2, 0.25) is 0 Å². The Morgan fingerprint density at radius 1 is 1.27 bits per heavy atom. The van der Waals surface area contributed by atoms with Gasteiger partial charge in [-0.25, -0.2) is 4.98 Å². The highest BCUT2D eigenvalue weighted by molar-refractivity contribution is 5.13. The standard InChI is InChI=1S/C12H21N3/c1-12(2,3)10-8-14-11(15-10)9-4-6-13-7-5-9/h8-9,13H,4-7H2,1-3H3,(H,14,15). The van der Waals surface area contributed by atoms with E-state index >= 15 is 0 Å². The highest BCUT2D eigenvalue weighted by Gasteiger charge is 2.21. The van der Waals surface area contributed by atoms with Crippen molar-refractivity contribution in [3.63, 3.8) is 0 Å². The predicted molar refractivity (Wildman–Crippen MR) is 62.1 cm³/mol. The molecule has 84 valence electrons. The van der Waals surface area contributed by atoms with E-state index in [0.717, 1.165) is 13.1 Å². The van der Waals surface area contributed by atoms with Gasteiger partial charge in [0.15, 0.2) is 0 Å². The highest BCUT2D eigenvalue weighted by Crippen LogP contribution is 2.26. The van der Waals surface area contributed by atoms with Crippen LogP contribution in [0.1, 0.15) is 51.0 Å². The summed E-state index contributed by atoms with van der Waals surface area (Å²) in [5, 5.41) is 3.38. The van der Waals surface area contributed by atoms with E-state index in [1.54, 1.807) is 0 Å². The summed E-state index contributed by atoms with van der Waals surface area (Å²) < 4.78 is 0. The van der Waals surface area contributed by atoms with Gasteiger partial charge in [-0.15, -0.1) is 0 Å². The van der Waals surface area contributed by atoms with Crippen LogP contribution < -0.4 is 5.32 Å². The summed E-state index contributed by atoms with van der Waals surface area (Å²) in [5.41, 5.74) is 1.43. The van der Waals surface area contributed by atoms with Crippen molar-refractivity contribution in [1.29, 1.82) is 0 Å². The van der Waals surface area contributed by atoms with E-state index in [1.807, 2.05) is 6.20 Å². The lowest BCUT2D eigenvalue weighted by atomic mass is 9.93. The van der Waals surface area contributed by atoms with Crippen molar-refractivity contribution in [2.24, 2.45) is 0 Å². The third kappa shape index (κ3) is 2.40. The second-order valence-corrected chi connectivity index (χ2v) is 5.46. The molecule has 0 spiro atoms. The van der Waals surface area contributed by atoms with Crippen LogP contribution in [-0.2, 0) is 5.41 Å². The molecule has 3 heteroatoms. The molecule has 0 atom stereocenters. The Bertz CT molecular complexity index is 316. The summed E-state index contributed by atoms with van der Waals surface area (Å²) in [7, 11) is 0. The molecule has 0 amide bonds. The van der Waals surface area contributed by atoms with Gasteiger partial charge in [0.2, 0.25) is 0 Å². The zero-order chi connectivity index (χ0) is 10.9. The third-order valence-electron chi connectivity index (χ3n) is 3.13. The first-order valence-corrected chi connectivity index (χ1v) is 5.83. The predicted octanol–water partition coefficient (Wildman–Crippen LogP) is 2.17. The smallest absolute Gasteiger partial charge is 0.109 e. The van der Waals surface area contributed by atoms with Crippen LogP contribution in [0.5, 0.6) is 0 Å². The molecule has 2 rings (SSSR count). The summed E-state index contributed by atoms with van der Waals surface area (Å²) in [6, 6.07) is 0. The number of nitrogens with zero attached hydrogens (tertiary/aromatic N) is 1. The van der Waals surface area contributed by atoms with E-state index in [4.69, 9.17) is 0 Å². The Kier molecular flexibility index (Phi) is 2.83. The minimum Gasteiger partial charge on any atom is -0.345 e. The van der Waals surface area contributed by atoms with E-state index in [1.165, 1.54) is 24.4 Å². The molecule has 1 aliphatic rings. The van der Waals surface area contributed by atoms with Crippen LogP contribution in [0.25, 0.3) is 0 Å². The number of nitrogens with one attached hydrogen (secondary N) is 2. The third-order valence-corrected chi connectivity index (χ3v) is 3.13. The first-order chi connectivity index (χ1) is 7.07. The second-order valence-electron chi connectivity index (χ2n) is 5.46. The molecule has 0 radical (unpaired) electrons. The van der Waals surface area contributed by atoms with Crippen molar-refractivity contribution < 1.29 is 0 Å². The van der Waals surface area contributed by atoms with E-state index in [2.05, 4.69) is 36.1 Å². The molecule has 0 unspecified atom stereocenters. The van der Waals surface area contributed by atoms with Gasteiger partial charge in [-0.3, -0.25) is 0 Å². The summed E-state index contributed by atoms with van der Waals surface area (Å²) in [5.74, 6) is 1.81. The van der Waals surface area contributed by atoms with Crippen LogP contribution in [-0.4, -0.2) is 23.1 Å². The molecular formula is C12H21N3. The number of H-pyrrole nitrogens is 1. The quantitative estimate of drug-likeness (QED) is 0.741. The number of rotatable bonds is 1. The molecule has 15 heavy (non-hydrogen) atoms. The molecule has 0 bridgehead atoms. The maximum absolute atomic E-state index is 4.52. The van der Waals surface area contributed by atoms with Crippen LogP contribution in [0.4, 0.5) is 0 Å². The average molecular weight is 207 g/mol. The maximum atomic E-state index is 4.52. The maximum Gasteiger partial charge on any atom is 0.109 e. The number of hydrogen-bond donors (Lipinski definition) is 2. The van der Waals surface area contributed by atoms with Crippen molar-refractivity contribution in [2.75, 3.05) is 13.1 Å². The van der Waals surface area contributed by atoms with Crippen LogP contribution in [0.3, 0.4) is 0 Å². The molecule has 1 aromatic rings. The SMILES string of the molecule is CC(C)(C)c1cnc(C2CCNCC2)[nH]1. The van der Waals surface area contributed by atoms with Crippen molar-refractivity contribution in [3.8, 4) is 0 Å². The lowest BCUT2D eigenvalue weighted by Gasteiger charge is -2.21. The molecule has 1 fully saturated rings. The van der Waals surface area contributed by atoms with E-state index < -0.39 is 0 Å². The van der Waals surface area contributed by atoms with Crippen LogP contribution in [0.15, 0.2) is 6.20 Å². The summed E-state index contributed by atoms with van der Waals surface area (Å²) in [6.07, 6.45) is 4.41. The first kappa shape index (κ1) is 10.7. The molecule has 2 heterocycles. The largest absolute Gasteiger partial charge is 0.345 e. The Hall–Kier alpha value is -0.830. The number of piperidine rings is 1. The van der Waals surface area contributed by atoms with Crippen molar-refractivity contribution >= 4 is 0 Å². The Morgan fingerprint density at radius 3 is 2.47 bits per heavy atom. The number of aromatic nitrogens is 2. The van der Waals surface area contributed by atoms with E-state index in [9.17, 15) is 0 Å². The Labute approximate surface area is 91.7 Å². The lowest BCUT2D eigenvalue weighted by molar-refractivity contribution is 0.445. The molecule has 1 aromatic heterocycles. The molecular weight excluding hydrogens is 186 g/mol. The normalized spacial score (nSPS) is 19.4. The first-order valence-electron chi connectivity index (χ1n) is 5.83. The van der Waals surface area contributed by atoms with Gasteiger partial charge in [0, 0.05) is 23.2 Å². The van der Waals surface area contributed by atoms with Gasteiger partial charge in [-0.05, 0) is 25.9 Å². The molecule has 1 aliphatic heterocycles. The van der Waals surface area contributed by atoms with Crippen molar-refractivity contribution in [3.05, 3.63) is 17.7 Å². The molecule has 3 nitrogen and oxygen atoms in total. The van der Waals surface area contributed by atoms with Gasteiger partial charge < -0.3 is 10.3 Å². The van der Waals surface area contributed by atoms with Gasteiger partial charge in [-0.1, -0.05) is 20.8 Å². The molecule has 0 aliphatic carbocycles. The molecule has 1 saturated heterocycles. The second kappa shape index (κ2) is 3.97. The van der Waals surface area contributed by atoms with Gasteiger partial charge in [0.1, 0.15) is 5.82 Å². The summed E-state index contributed by atoms with van der Waals surface area (Å²) >= 11 is 0. The van der Waals surface area contributed by atoms with Crippen molar-refractivity contribution in [1.82, 2.24) is 15.3 Å². The Balaban J connectivity index is 2.12. The molecule has 0 saturated carbocycles. The van der Waals surface area contributed by atoms with Gasteiger partial charge >= 0.3 is 0 Å². The molecule has 0 aromatic carbocycles. The lowest BCUT2D eigenvalue weighted by Crippen LogP contribution is -2.27. The van der Waals surface area contributed by atoms with Crippen molar-refractivity contribution in [2.45, 2.75) is 44.9 Å². The van der Waals surface area contributed by atoms with Crippen LogP contribution in [0, 0.1) is 0 Å². The van der Waals surface area contributed by atoms with E-state index in [-0.39, 0.29) is 5.41 Å². The zero-order valence-corrected chi connectivity index (χ0v) is 9.93. The average Bonchev–Trinajstić information content (AvgIpc) is 2.67. The fourth-order valence-electron chi connectivity index (χ4n) is 2.02. The monoisotopic (exact) mass is 207 g/mol. The summed E-state index contributed by atoms with van der Waals surface area (Å²) in [4.78, 5) is 8.01. The van der Waals surface area contributed by atoms with Gasteiger partial charge in [0.05, 0.1) is 0 Å². The van der Waals surface area contributed by atoms with E-state index in [0.29, 0.717) is 5.92 Å². The minimum absolute atomic E-state index is 0.179. The van der Waals surface area contributed by atoms with Crippen LogP contribution >= 0.6 is 0 Å². The number of aromatic amines is 1. The molecule has 2 N–H and O–H groups in total. The topological polar surface area (TPSA) is 40.7 Å². The summed E-state index contributed by atoms with van der Waals surface area (Å²) in [6.45, 7) is 8.89. The highest BCUT2D eigenvalue weighted by atomic mass is 14.9. The number of hydrogen-bond acceptors (Lipinski definition) is 2. The van der Waals surface area contributed by atoms with Gasteiger partial charge in [-0.2, -0.15) is 0 Å². The fourth-order valence-corrected chi connectivity index (χ4v) is 2.02. The Morgan fingerprint density at radius 2 is 1.93 bits per heavy atom. The zero-order valence-electron chi connectivity index (χ0n) is 9.93.